The predicted molar refractivity (Wildman–Crippen MR) is 72.8 cm³/mol. The van der Waals surface area contributed by atoms with Crippen LogP contribution >= 0.6 is 0 Å². The average molecular weight is 275 g/mol. The van der Waals surface area contributed by atoms with Gasteiger partial charge in [-0.25, -0.2) is 15.0 Å². The molecule has 0 aromatic carbocycles. The van der Waals surface area contributed by atoms with Crippen molar-refractivity contribution in [2.24, 2.45) is 5.92 Å². The van der Waals surface area contributed by atoms with E-state index in [-0.39, 0.29) is 17.8 Å². The molecule has 2 aromatic heterocycles. The lowest BCUT2D eigenvalue weighted by Crippen LogP contribution is -2.22. The standard InChI is InChI=1S/C13H17N5O2/c1-20-13(19)8(7-4-2-3-5-7)11-17-9-10(14)15-6-16-12(9)18-11/h6-8H,2-5H2,1H3,(H3,14,15,16,17,18). The van der Waals surface area contributed by atoms with Crippen LogP contribution in [0.5, 0.6) is 0 Å². The van der Waals surface area contributed by atoms with E-state index >= 15 is 0 Å². The third kappa shape index (κ3) is 2.09. The van der Waals surface area contributed by atoms with Crippen molar-refractivity contribution in [1.82, 2.24) is 19.9 Å². The van der Waals surface area contributed by atoms with Gasteiger partial charge >= 0.3 is 5.97 Å². The van der Waals surface area contributed by atoms with Crippen LogP contribution < -0.4 is 5.73 Å². The Bertz CT molecular complexity index is 633. The smallest absolute Gasteiger partial charge is 0.316 e. The van der Waals surface area contributed by atoms with Gasteiger partial charge in [0.2, 0.25) is 0 Å². The Kier molecular flexibility index (Phi) is 3.25. The molecule has 0 aliphatic heterocycles. The number of nitrogens with zero attached hydrogens (tertiary/aromatic N) is 3. The predicted octanol–water partition coefficient (Wildman–Crippen LogP) is 1.38. The van der Waals surface area contributed by atoms with Crippen LogP contribution in [0, 0.1) is 5.92 Å². The normalized spacial score (nSPS) is 17.4. The molecule has 3 N–H and O–H groups in total. The Labute approximate surface area is 116 Å². The zero-order valence-corrected chi connectivity index (χ0v) is 11.3. The molecule has 7 nitrogen and oxygen atoms in total. The van der Waals surface area contributed by atoms with E-state index in [4.69, 9.17) is 10.5 Å². The first-order chi connectivity index (χ1) is 9.70. The molecule has 2 heterocycles. The molecule has 7 heteroatoms. The Morgan fingerprint density at radius 1 is 1.45 bits per heavy atom. The van der Waals surface area contributed by atoms with Gasteiger partial charge in [-0.15, -0.1) is 0 Å². The number of hydrogen-bond acceptors (Lipinski definition) is 6. The SMILES string of the molecule is COC(=O)C(c1nc2ncnc(N)c2[nH]1)C1CCCC1. The van der Waals surface area contributed by atoms with E-state index in [0.717, 1.165) is 25.7 Å². The third-order valence-corrected chi connectivity index (χ3v) is 3.96. The fraction of sp³-hybridized carbons (Fsp3) is 0.538. The van der Waals surface area contributed by atoms with E-state index in [0.29, 0.717) is 22.8 Å². The van der Waals surface area contributed by atoms with Gasteiger partial charge in [0.15, 0.2) is 11.5 Å². The van der Waals surface area contributed by atoms with E-state index in [2.05, 4.69) is 19.9 Å². The first-order valence-corrected chi connectivity index (χ1v) is 6.74. The number of H-pyrrole nitrogens is 1. The highest BCUT2D eigenvalue weighted by atomic mass is 16.5. The molecule has 2 aromatic rings. The fourth-order valence-electron chi connectivity index (χ4n) is 2.96. The van der Waals surface area contributed by atoms with Crippen LogP contribution in [0.15, 0.2) is 6.33 Å². The number of rotatable bonds is 3. The van der Waals surface area contributed by atoms with Crippen LogP contribution in [0.4, 0.5) is 5.82 Å². The Hall–Kier alpha value is -2.18. The van der Waals surface area contributed by atoms with Crippen LogP contribution in [0.25, 0.3) is 11.2 Å². The largest absolute Gasteiger partial charge is 0.468 e. The maximum absolute atomic E-state index is 12.1. The quantitative estimate of drug-likeness (QED) is 0.819. The summed E-state index contributed by atoms with van der Waals surface area (Å²) < 4.78 is 4.94. The summed E-state index contributed by atoms with van der Waals surface area (Å²) in [7, 11) is 1.40. The highest BCUT2D eigenvalue weighted by Crippen LogP contribution is 2.37. The van der Waals surface area contributed by atoms with Gasteiger partial charge in [-0.3, -0.25) is 4.79 Å². The molecule has 106 valence electrons. The fourth-order valence-corrected chi connectivity index (χ4v) is 2.96. The van der Waals surface area contributed by atoms with Gasteiger partial charge in [0, 0.05) is 0 Å². The molecule has 1 unspecified atom stereocenters. The monoisotopic (exact) mass is 275 g/mol. The molecule has 0 radical (unpaired) electrons. The number of fused-ring (bicyclic) bond motifs is 1. The molecule has 0 amide bonds. The van der Waals surface area contributed by atoms with Gasteiger partial charge in [-0.1, -0.05) is 12.8 Å². The minimum atomic E-state index is -0.379. The summed E-state index contributed by atoms with van der Waals surface area (Å²) >= 11 is 0. The van der Waals surface area contributed by atoms with E-state index < -0.39 is 0 Å². The zero-order valence-electron chi connectivity index (χ0n) is 11.3. The number of esters is 1. The van der Waals surface area contributed by atoms with Crippen molar-refractivity contribution in [3.05, 3.63) is 12.2 Å². The summed E-state index contributed by atoms with van der Waals surface area (Å²) in [6, 6.07) is 0. The highest BCUT2D eigenvalue weighted by molar-refractivity contribution is 5.83. The van der Waals surface area contributed by atoms with Crippen LogP contribution in [-0.4, -0.2) is 33.0 Å². The Morgan fingerprint density at radius 3 is 2.85 bits per heavy atom. The highest BCUT2D eigenvalue weighted by Gasteiger charge is 2.35. The number of methoxy groups -OCH3 is 1. The van der Waals surface area contributed by atoms with Crippen molar-refractivity contribution >= 4 is 23.0 Å². The summed E-state index contributed by atoms with van der Waals surface area (Å²) in [5, 5.41) is 0. The summed E-state index contributed by atoms with van der Waals surface area (Å²) in [4.78, 5) is 27.6. The van der Waals surface area contributed by atoms with E-state index in [1.165, 1.54) is 13.4 Å². The second-order valence-corrected chi connectivity index (χ2v) is 5.12. The van der Waals surface area contributed by atoms with Crippen LogP contribution in [0.3, 0.4) is 0 Å². The number of ether oxygens (including phenoxy) is 1. The summed E-state index contributed by atoms with van der Waals surface area (Å²) in [5.74, 6) is 0.533. The van der Waals surface area contributed by atoms with Crippen LogP contribution in [0.2, 0.25) is 0 Å². The van der Waals surface area contributed by atoms with Gasteiger partial charge in [0.05, 0.1) is 7.11 Å². The number of nitrogen functional groups attached to an aromatic ring is 1. The number of carbonyl (C=O) groups excluding carboxylic acids is 1. The molecule has 0 bridgehead atoms. The van der Waals surface area contributed by atoms with Gasteiger partial charge < -0.3 is 15.5 Å². The number of carbonyl (C=O) groups is 1. The number of hydrogen-bond donors (Lipinski definition) is 2. The minimum absolute atomic E-state index is 0.261. The van der Waals surface area contributed by atoms with Gasteiger partial charge in [-0.05, 0) is 18.8 Å². The summed E-state index contributed by atoms with van der Waals surface area (Å²) in [6.45, 7) is 0. The molecule has 1 aliphatic carbocycles. The first kappa shape index (κ1) is 12.8. The molecular weight excluding hydrogens is 258 g/mol. The number of nitrogens with two attached hydrogens (primary N) is 1. The Morgan fingerprint density at radius 2 is 2.20 bits per heavy atom. The summed E-state index contributed by atoms with van der Waals surface area (Å²) in [5.41, 5.74) is 6.86. The molecule has 1 fully saturated rings. The molecular formula is C13H17N5O2. The van der Waals surface area contributed by atoms with Gasteiger partial charge in [-0.2, -0.15) is 0 Å². The number of anilines is 1. The Balaban J connectivity index is 2.04. The van der Waals surface area contributed by atoms with Gasteiger partial charge in [0.1, 0.15) is 23.6 Å². The van der Waals surface area contributed by atoms with E-state index in [1.807, 2.05) is 0 Å². The lowest BCUT2D eigenvalue weighted by molar-refractivity contribution is -0.144. The van der Waals surface area contributed by atoms with E-state index in [1.54, 1.807) is 0 Å². The lowest BCUT2D eigenvalue weighted by Gasteiger charge is -2.18. The van der Waals surface area contributed by atoms with Crippen molar-refractivity contribution in [2.75, 3.05) is 12.8 Å². The maximum atomic E-state index is 12.1. The number of aromatic amines is 1. The summed E-state index contributed by atoms with van der Waals surface area (Å²) in [6.07, 6.45) is 5.67. The van der Waals surface area contributed by atoms with Crippen molar-refractivity contribution < 1.29 is 9.53 Å². The van der Waals surface area contributed by atoms with Crippen molar-refractivity contribution in [1.29, 1.82) is 0 Å². The molecule has 0 spiro atoms. The van der Waals surface area contributed by atoms with Crippen LogP contribution in [-0.2, 0) is 9.53 Å². The molecule has 3 rings (SSSR count). The number of nitrogens with one attached hydrogen (secondary N) is 1. The number of aromatic nitrogens is 4. The second-order valence-electron chi connectivity index (χ2n) is 5.12. The second kappa shape index (κ2) is 5.07. The van der Waals surface area contributed by atoms with E-state index in [9.17, 15) is 4.79 Å². The third-order valence-electron chi connectivity index (χ3n) is 3.96. The minimum Gasteiger partial charge on any atom is -0.468 e. The molecule has 20 heavy (non-hydrogen) atoms. The van der Waals surface area contributed by atoms with Crippen molar-refractivity contribution in [3.8, 4) is 0 Å². The van der Waals surface area contributed by atoms with Crippen molar-refractivity contribution in [3.63, 3.8) is 0 Å². The lowest BCUT2D eigenvalue weighted by atomic mass is 9.90. The molecule has 1 atom stereocenters. The molecule has 1 aliphatic rings. The van der Waals surface area contributed by atoms with Crippen LogP contribution in [0.1, 0.15) is 37.4 Å². The molecule has 0 saturated heterocycles. The average Bonchev–Trinajstić information content (AvgIpc) is 3.09. The molecule has 1 saturated carbocycles. The number of imidazole rings is 1. The van der Waals surface area contributed by atoms with Crippen molar-refractivity contribution in [2.45, 2.75) is 31.6 Å². The van der Waals surface area contributed by atoms with Gasteiger partial charge in [0.25, 0.3) is 0 Å². The zero-order chi connectivity index (χ0) is 14.1. The topological polar surface area (TPSA) is 107 Å². The maximum Gasteiger partial charge on any atom is 0.316 e. The first-order valence-electron chi connectivity index (χ1n) is 6.74.